The van der Waals surface area contributed by atoms with Crippen LogP contribution in [0.4, 0.5) is 0 Å². The van der Waals surface area contributed by atoms with Crippen molar-refractivity contribution in [2.24, 2.45) is 0 Å². The fourth-order valence-corrected chi connectivity index (χ4v) is 4.70. The molecule has 5 nitrogen and oxygen atoms in total. The molecule has 0 unspecified atom stereocenters. The van der Waals surface area contributed by atoms with Crippen molar-refractivity contribution in [1.82, 2.24) is 14.8 Å². The monoisotopic (exact) mass is 421 g/mol. The molecule has 0 saturated carbocycles. The Morgan fingerprint density at radius 3 is 2.37 bits per heavy atom. The normalized spacial score (nSPS) is 19.1. The molecule has 0 N–H and O–H groups in total. The number of cyclic esters (lactones) is 1. The van der Waals surface area contributed by atoms with E-state index in [1.165, 1.54) is 17.3 Å². The van der Waals surface area contributed by atoms with Crippen molar-refractivity contribution in [2.45, 2.75) is 62.6 Å². The third-order valence-corrected chi connectivity index (χ3v) is 6.47. The summed E-state index contributed by atoms with van der Waals surface area (Å²) in [4.78, 5) is 12.2. The lowest BCUT2D eigenvalue weighted by Crippen LogP contribution is -2.12. The van der Waals surface area contributed by atoms with Crippen molar-refractivity contribution < 1.29 is 9.53 Å². The van der Waals surface area contributed by atoms with Crippen molar-refractivity contribution in [3.63, 3.8) is 0 Å². The number of aromatic nitrogens is 3. The number of rotatable bonds is 5. The van der Waals surface area contributed by atoms with Gasteiger partial charge in [0.25, 0.3) is 0 Å². The summed E-state index contributed by atoms with van der Waals surface area (Å²) in [6.45, 7) is 9.18. The van der Waals surface area contributed by atoms with Crippen molar-refractivity contribution in [1.29, 1.82) is 0 Å². The summed E-state index contributed by atoms with van der Waals surface area (Å²) in [5, 5.41) is 9.45. The Morgan fingerprint density at radius 1 is 1.07 bits per heavy atom. The first-order valence-electron chi connectivity index (χ1n) is 10.3. The van der Waals surface area contributed by atoms with Crippen molar-refractivity contribution in [3.8, 4) is 11.4 Å². The highest BCUT2D eigenvalue weighted by atomic mass is 32.2. The van der Waals surface area contributed by atoms with Crippen LogP contribution < -0.4 is 0 Å². The molecule has 4 rings (SSSR count). The van der Waals surface area contributed by atoms with E-state index in [4.69, 9.17) is 4.74 Å². The van der Waals surface area contributed by atoms with Gasteiger partial charge in [-0.05, 0) is 23.5 Å². The van der Waals surface area contributed by atoms with E-state index in [0.717, 1.165) is 22.1 Å². The quantitative estimate of drug-likeness (QED) is 0.537. The van der Waals surface area contributed by atoms with Gasteiger partial charge in [-0.1, -0.05) is 87.1 Å². The molecule has 30 heavy (non-hydrogen) atoms. The van der Waals surface area contributed by atoms with Crippen molar-refractivity contribution >= 4 is 17.7 Å². The molecule has 1 fully saturated rings. The second-order valence-electron chi connectivity index (χ2n) is 8.79. The number of hydrogen-bond donors (Lipinski definition) is 0. The van der Waals surface area contributed by atoms with Gasteiger partial charge in [-0.3, -0.25) is 9.36 Å². The number of nitrogens with zero attached hydrogens (tertiary/aromatic N) is 3. The highest BCUT2D eigenvalue weighted by molar-refractivity contribution is 8.00. The Morgan fingerprint density at radius 2 is 1.77 bits per heavy atom. The largest absolute Gasteiger partial charge is 0.462 e. The number of carbonyl (C=O) groups is 1. The molecule has 0 radical (unpaired) electrons. The van der Waals surface area contributed by atoms with E-state index in [0.29, 0.717) is 13.0 Å². The van der Waals surface area contributed by atoms with E-state index in [-0.39, 0.29) is 22.7 Å². The molecule has 0 aliphatic carbocycles. The van der Waals surface area contributed by atoms with Crippen LogP contribution in [0.25, 0.3) is 11.4 Å². The number of benzene rings is 2. The Kier molecular flexibility index (Phi) is 5.69. The molecular formula is C24H27N3O2S. The van der Waals surface area contributed by atoms with Crippen LogP contribution in [-0.4, -0.2) is 32.1 Å². The maximum Gasteiger partial charge on any atom is 0.319 e. The Balaban J connectivity index is 1.69. The third kappa shape index (κ3) is 4.43. The third-order valence-electron chi connectivity index (χ3n) is 5.28. The molecule has 0 bridgehead atoms. The summed E-state index contributed by atoms with van der Waals surface area (Å²) in [6.07, 6.45) is 0.641. The lowest BCUT2D eigenvalue weighted by molar-refractivity contribution is -0.140. The standard InChI is InChI=1S/C24H27N3O2S/c1-16-14-20(22(28)29-16)30-23-26-25-21(27(23)15-17-8-6-5-7-9-17)18-10-12-19(13-11-18)24(2,3)4/h5-13,16,20H,14-15H2,1-4H3/t16-,20+/m0/s1. The summed E-state index contributed by atoms with van der Waals surface area (Å²) in [5.74, 6) is 0.638. The molecule has 6 heteroatoms. The lowest BCUT2D eigenvalue weighted by Gasteiger charge is -2.19. The number of hydrogen-bond acceptors (Lipinski definition) is 5. The van der Waals surface area contributed by atoms with Gasteiger partial charge in [-0.25, -0.2) is 0 Å². The van der Waals surface area contributed by atoms with Gasteiger partial charge in [-0.15, -0.1) is 10.2 Å². The smallest absolute Gasteiger partial charge is 0.319 e. The fraction of sp³-hybridized carbons (Fsp3) is 0.375. The van der Waals surface area contributed by atoms with Crippen LogP contribution >= 0.6 is 11.8 Å². The number of thioether (sulfide) groups is 1. The molecule has 1 aliphatic rings. The average molecular weight is 422 g/mol. The van der Waals surface area contributed by atoms with E-state index in [2.05, 4.69) is 71.9 Å². The van der Waals surface area contributed by atoms with Gasteiger partial charge in [0.15, 0.2) is 11.0 Å². The van der Waals surface area contributed by atoms with E-state index in [1.807, 2.05) is 25.1 Å². The minimum Gasteiger partial charge on any atom is -0.462 e. The van der Waals surface area contributed by atoms with Gasteiger partial charge < -0.3 is 4.74 Å². The Labute approximate surface area is 181 Å². The number of carbonyl (C=O) groups excluding carboxylic acids is 1. The molecule has 2 heterocycles. The molecule has 2 aromatic carbocycles. The van der Waals surface area contributed by atoms with Gasteiger partial charge in [-0.2, -0.15) is 0 Å². The fourth-order valence-electron chi connectivity index (χ4n) is 3.56. The minimum atomic E-state index is -0.241. The Hall–Kier alpha value is -2.60. The lowest BCUT2D eigenvalue weighted by atomic mass is 9.87. The number of ether oxygens (including phenoxy) is 1. The summed E-state index contributed by atoms with van der Waals surface area (Å²) in [7, 11) is 0. The highest BCUT2D eigenvalue weighted by Gasteiger charge is 2.34. The van der Waals surface area contributed by atoms with E-state index < -0.39 is 0 Å². The van der Waals surface area contributed by atoms with Crippen LogP contribution in [0, 0.1) is 0 Å². The van der Waals surface area contributed by atoms with Crippen LogP contribution in [-0.2, 0) is 21.5 Å². The molecule has 0 spiro atoms. The van der Waals surface area contributed by atoms with Crippen LogP contribution in [0.5, 0.6) is 0 Å². The van der Waals surface area contributed by atoms with Gasteiger partial charge in [0, 0.05) is 12.0 Å². The second kappa shape index (κ2) is 8.26. The molecule has 1 aromatic heterocycles. The molecule has 3 aromatic rings. The number of esters is 1. The van der Waals surface area contributed by atoms with Crippen molar-refractivity contribution in [2.75, 3.05) is 0 Å². The summed E-state index contributed by atoms with van der Waals surface area (Å²) in [5.41, 5.74) is 3.55. The van der Waals surface area contributed by atoms with Crippen LogP contribution in [0.15, 0.2) is 59.8 Å². The zero-order valence-electron chi connectivity index (χ0n) is 17.8. The molecule has 2 atom stereocenters. The first kappa shape index (κ1) is 20.7. The molecule has 1 aliphatic heterocycles. The summed E-state index contributed by atoms with van der Waals surface area (Å²) < 4.78 is 7.42. The van der Waals surface area contributed by atoms with Crippen molar-refractivity contribution in [3.05, 3.63) is 65.7 Å². The van der Waals surface area contributed by atoms with E-state index in [1.54, 1.807) is 0 Å². The Bertz CT molecular complexity index is 1020. The highest BCUT2D eigenvalue weighted by Crippen LogP contribution is 2.34. The predicted molar refractivity (Wildman–Crippen MR) is 120 cm³/mol. The van der Waals surface area contributed by atoms with Gasteiger partial charge in [0.1, 0.15) is 11.4 Å². The first-order valence-corrected chi connectivity index (χ1v) is 11.1. The van der Waals surface area contributed by atoms with Crippen LogP contribution in [0.3, 0.4) is 0 Å². The minimum absolute atomic E-state index is 0.0510. The summed E-state index contributed by atoms with van der Waals surface area (Å²) >= 11 is 1.45. The topological polar surface area (TPSA) is 57.0 Å². The van der Waals surface area contributed by atoms with E-state index >= 15 is 0 Å². The average Bonchev–Trinajstić information content (AvgIpc) is 3.24. The molecule has 1 saturated heterocycles. The maximum absolute atomic E-state index is 12.2. The SMILES string of the molecule is C[C@H]1C[C@@H](Sc2nnc(-c3ccc(C(C)(C)C)cc3)n2Cc2ccccc2)C(=O)O1. The van der Waals surface area contributed by atoms with Gasteiger partial charge in [0.2, 0.25) is 0 Å². The first-order chi connectivity index (χ1) is 14.3. The zero-order chi connectivity index (χ0) is 21.3. The maximum atomic E-state index is 12.2. The van der Waals surface area contributed by atoms with E-state index in [9.17, 15) is 4.79 Å². The zero-order valence-corrected chi connectivity index (χ0v) is 18.6. The molecule has 156 valence electrons. The summed E-state index contributed by atoms with van der Waals surface area (Å²) in [6, 6.07) is 18.8. The molecular weight excluding hydrogens is 394 g/mol. The van der Waals surface area contributed by atoms with Gasteiger partial charge in [0.05, 0.1) is 6.54 Å². The van der Waals surface area contributed by atoms with Crippen LogP contribution in [0.1, 0.15) is 45.2 Å². The predicted octanol–water partition coefficient (Wildman–Crippen LogP) is 5.09. The second-order valence-corrected chi connectivity index (χ2v) is 9.96. The van der Waals surface area contributed by atoms with Gasteiger partial charge >= 0.3 is 5.97 Å². The van der Waals surface area contributed by atoms with Crippen LogP contribution in [0.2, 0.25) is 0 Å². The molecule has 0 amide bonds.